The predicted molar refractivity (Wildman–Crippen MR) is 105 cm³/mol. The summed E-state index contributed by atoms with van der Waals surface area (Å²) in [6.45, 7) is 2.41. The molecule has 0 saturated heterocycles. The third-order valence-corrected chi connectivity index (χ3v) is 6.13. The molecule has 2 aromatic carbocycles. The summed E-state index contributed by atoms with van der Waals surface area (Å²) in [5.41, 5.74) is 5.25. The minimum atomic E-state index is -0.0831. The van der Waals surface area contributed by atoms with Gasteiger partial charge in [0.2, 0.25) is 18.4 Å². The van der Waals surface area contributed by atoms with Crippen LogP contribution in [0, 0.1) is 0 Å². The Morgan fingerprint density at radius 2 is 1.79 bits per heavy atom. The highest BCUT2D eigenvalue weighted by Crippen LogP contribution is 2.59. The lowest BCUT2D eigenvalue weighted by Gasteiger charge is -2.42. The molecule has 7 heteroatoms. The van der Waals surface area contributed by atoms with Gasteiger partial charge >= 0.3 is 0 Å². The Hall–Kier alpha value is -3.09. The van der Waals surface area contributed by atoms with Crippen molar-refractivity contribution in [3.63, 3.8) is 0 Å². The van der Waals surface area contributed by atoms with Crippen LogP contribution in [0.15, 0.2) is 12.1 Å². The molecule has 0 radical (unpaired) electrons. The summed E-state index contributed by atoms with van der Waals surface area (Å²) in [7, 11) is 4.90. The van der Waals surface area contributed by atoms with Crippen molar-refractivity contribution in [2.75, 3.05) is 34.7 Å². The number of carbonyl (C=O) groups excluding carboxylic acids is 1. The molecule has 0 fully saturated rings. The first kappa shape index (κ1) is 18.0. The van der Waals surface area contributed by atoms with Crippen molar-refractivity contribution in [1.82, 2.24) is 4.90 Å². The number of nitrogens with zero attached hydrogens (tertiary/aromatic N) is 1. The first-order chi connectivity index (χ1) is 14.1. The molecule has 29 heavy (non-hydrogen) atoms. The molecule has 2 aromatic rings. The Balaban J connectivity index is 1.86. The predicted octanol–water partition coefficient (Wildman–Crippen LogP) is 3.11. The van der Waals surface area contributed by atoms with E-state index >= 15 is 0 Å². The second-order valence-electron chi connectivity index (χ2n) is 7.41. The van der Waals surface area contributed by atoms with Crippen LogP contribution >= 0.6 is 0 Å². The molecule has 0 saturated carbocycles. The molecule has 152 valence electrons. The standard InChI is InChI=1S/C22H23NO6/c1-11(24)23-6-5-13-18-15(23)7-12-8-16(25-2)17(26-3)9-14(12)19(18)21-22(20(13)27-4)29-10-28-21/h8-9,15H,5-7,10H2,1-4H3. The van der Waals surface area contributed by atoms with E-state index < -0.39 is 0 Å². The molecular weight excluding hydrogens is 374 g/mol. The summed E-state index contributed by atoms with van der Waals surface area (Å²) in [4.78, 5) is 14.4. The van der Waals surface area contributed by atoms with E-state index in [1.807, 2.05) is 17.0 Å². The molecular formula is C22H23NO6. The summed E-state index contributed by atoms with van der Waals surface area (Å²) >= 11 is 0. The maximum absolute atomic E-state index is 12.4. The Morgan fingerprint density at radius 1 is 1.07 bits per heavy atom. The molecule has 7 nitrogen and oxygen atoms in total. The third kappa shape index (κ3) is 2.39. The number of hydrogen-bond donors (Lipinski definition) is 0. The zero-order valence-electron chi connectivity index (χ0n) is 17.0. The Labute approximate surface area is 169 Å². The fourth-order valence-corrected chi connectivity index (χ4v) is 4.93. The van der Waals surface area contributed by atoms with Gasteiger partial charge in [0.15, 0.2) is 23.0 Å². The number of benzene rings is 2. The summed E-state index contributed by atoms with van der Waals surface area (Å²) < 4.78 is 28.5. The van der Waals surface area contributed by atoms with Crippen molar-refractivity contribution in [2.45, 2.75) is 25.8 Å². The minimum Gasteiger partial charge on any atom is -0.493 e. The van der Waals surface area contributed by atoms with Crippen LogP contribution in [-0.2, 0) is 17.6 Å². The van der Waals surface area contributed by atoms with Crippen LogP contribution < -0.4 is 23.7 Å². The molecule has 3 aliphatic rings. The molecule has 0 N–H and O–H groups in total. The van der Waals surface area contributed by atoms with Crippen LogP contribution in [0.3, 0.4) is 0 Å². The Morgan fingerprint density at radius 3 is 2.48 bits per heavy atom. The van der Waals surface area contributed by atoms with Gasteiger partial charge in [-0.3, -0.25) is 4.79 Å². The fraction of sp³-hybridized carbons (Fsp3) is 0.409. The lowest BCUT2D eigenvalue weighted by atomic mass is 9.76. The molecule has 0 aromatic heterocycles. The van der Waals surface area contributed by atoms with Crippen LogP contribution in [-0.4, -0.2) is 45.5 Å². The topological polar surface area (TPSA) is 66.5 Å². The van der Waals surface area contributed by atoms with E-state index in [1.54, 1.807) is 28.3 Å². The van der Waals surface area contributed by atoms with E-state index in [1.165, 1.54) is 0 Å². The molecule has 2 heterocycles. The Bertz CT molecular complexity index is 1030. The number of ether oxygens (including phenoxy) is 5. The number of fused-ring (bicyclic) bond motifs is 4. The first-order valence-electron chi connectivity index (χ1n) is 9.63. The fourth-order valence-electron chi connectivity index (χ4n) is 4.93. The van der Waals surface area contributed by atoms with E-state index in [-0.39, 0.29) is 18.7 Å². The van der Waals surface area contributed by atoms with Crippen molar-refractivity contribution in [1.29, 1.82) is 0 Å². The van der Waals surface area contributed by atoms with E-state index in [0.717, 1.165) is 27.8 Å². The van der Waals surface area contributed by atoms with E-state index in [9.17, 15) is 4.79 Å². The van der Waals surface area contributed by atoms with Gasteiger partial charge in [0.05, 0.1) is 27.4 Å². The van der Waals surface area contributed by atoms with Crippen LogP contribution in [0.4, 0.5) is 0 Å². The minimum absolute atomic E-state index is 0.0622. The number of hydrogen-bond acceptors (Lipinski definition) is 6. The smallest absolute Gasteiger partial charge is 0.231 e. The van der Waals surface area contributed by atoms with Gasteiger partial charge in [-0.1, -0.05) is 0 Å². The van der Waals surface area contributed by atoms with Crippen molar-refractivity contribution in [3.8, 4) is 39.9 Å². The van der Waals surface area contributed by atoms with Crippen LogP contribution in [0.5, 0.6) is 28.7 Å². The van der Waals surface area contributed by atoms with E-state index in [0.29, 0.717) is 48.1 Å². The van der Waals surface area contributed by atoms with Gasteiger partial charge < -0.3 is 28.6 Å². The molecule has 0 bridgehead atoms. The van der Waals surface area contributed by atoms with Gasteiger partial charge in [0.25, 0.3) is 0 Å². The molecule has 1 aliphatic carbocycles. The summed E-state index contributed by atoms with van der Waals surface area (Å²) in [6, 6.07) is 3.90. The van der Waals surface area contributed by atoms with Crippen LogP contribution in [0.25, 0.3) is 11.1 Å². The second kappa shape index (κ2) is 6.47. The van der Waals surface area contributed by atoms with Gasteiger partial charge in [-0.15, -0.1) is 0 Å². The SMILES string of the molecule is COc1cc2c(cc1OC)-c1c3c(c(OC)c4c1C(C2)N(C(C)=O)CC4)OCO3. The first-order valence-corrected chi connectivity index (χ1v) is 9.63. The van der Waals surface area contributed by atoms with E-state index in [4.69, 9.17) is 23.7 Å². The van der Waals surface area contributed by atoms with Crippen molar-refractivity contribution < 1.29 is 28.5 Å². The summed E-state index contributed by atoms with van der Waals surface area (Å²) in [5.74, 6) is 3.41. The number of rotatable bonds is 3. The lowest BCUT2D eigenvalue weighted by molar-refractivity contribution is -0.131. The summed E-state index contributed by atoms with van der Waals surface area (Å²) in [6.07, 6.45) is 1.40. The van der Waals surface area contributed by atoms with Crippen molar-refractivity contribution >= 4 is 5.91 Å². The zero-order chi connectivity index (χ0) is 20.3. The van der Waals surface area contributed by atoms with Gasteiger partial charge in [-0.25, -0.2) is 0 Å². The average Bonchev–Trinajstić information content (AvgIpc) is 3.21. The molecule has 1 unspecified atom stereocenters. The molecule has 1 atom stereocenters. The monoisotopic (exact) mass is 397 g/mol. The van der Waals surface area contributed by atoms with Crippen molar-refractivity contribution in [3.05, 3.63) is 28.8 Å². The second-order valence-corrected chi connectivity index (χ2v) is 7.41. The van der Waals surface area contributed by atoms with E-state index in [2.05, 4.69) is 0 Å². The molecule has 2 aliphatic heterocycles. The highest BCUT2D eigenvalue weighted by Gasteiger charge is 2.42. The van der Waals surface area contributed by atoms with Crippen molar-refractivity contribution in [2.24, 2.45) is 0 Å². The maximum atomic E-state index is 12.4. The average molecular weight is 397 g/mol. The quantitative estimate of drug-likeness (QED) is 0.793. The Kier molecular flexibility index (Phi) is 4.01. The van der Waals surface area contributed by atoms with Gasteiger partial charge in [0.1, 0.15) is 0 Å². The molecule has 0 spiro atoms. The van der Waals surface area contributed by atoms with Gasteiger partial charge in [-0.2, -0.15) is 0 Å². The number of methoxy groups -OCH3 is 3. The largest absolute Gasteiger partial charge is 0.493 e. The lowest BCUT2D eigenvalue weighted by Crippen LogP contribution is -2.41. The highest BCUT2D eigenvalue weighted by molar-refractivity contribution is 5.88. The summed E-state index contributed by atoms with van der Waals surface area (Å²) in [5, 5.41) is 0. The molecule has 1 amide bonds. The van der Waals surface area contributed by atoms with Gasteiger partial charge in [0, 0.05) is 24.6 Å². The van der Waals surface area contributed by atoms with Crippen LogP contribution in [0.2, 0.25) is 0 Å². The number of amides is 1. The molecule has 5 rings (SSSR count). The number of carbonyl (C=O) groups is 1. The maximum Gasteiger partial charge on any atom is 0.231 e. The van der Waals surface area contributed by atoms with Crippen LogP contribution in [0.1, 0.15) is 29.7 Å². The highest BCUT2D eigenvalue weighted by atomic mass is 16.7. The zero-order valence-corrected chi connectivity index (χ0v) is 17.0. The normalized spacial score (nSPS) is 18.1. The third-order valence-electron chi connectivity index (χ3n) is 6.13. The van der Waals surface area contributed by atoms with Gasteiger partial charge in [-0.05, 0) is 41.7 Å².